The number of carboxylic acid groups (broad SMARTS) is 1. The third-order valence-electron chi connectivity index (χ3n) is 5.26. The van der Waals surface area contributed by atoms with E-state index in [9.17, 15) is 14.0 Å². The van der Waals surface area contributed by atoms with Crippen LogP contribution in [0.25, 0.3) is 10.9 Å². The van der Waals surface area contributed by atoms with E-state index in [-0.39, 0.29) is 23.2 Å². The number of nitrogens with one attached hydrogen (secondary N) is 1. The molecule has 28 heavy (non-hydrogen) atoms. The standard InChI is InChI=1S/C21H27FN2O4/c1-12(2)24-11-19(28-13(3)21(26)27)20(25)15-9-16(22)17(10-18(15)24)23-14-7-5-4-6-8-14/h9-14,23H,4-8H2,1-3H3,(H,26,27)/t13-/m0/s1. The predicted molar refractivity (Wildman–Crippen MR) is 107 cm³/mol. The number of rotatable bonds is 6. The number of carboxylic acids is 1. The van der Waals surface area contributed by atoms with Crippen LogP contribution in [0.5, 0.6) is 5.75 Å². The number of benzene rings is 1. The van der Waals surface area contributed by atoms with Crippen molar-refractivity contribution in [1.82, 2.24) is 4.57 Å². The lowest BCUT2D eigenvalue weighted by molar-refractivity contribution is -0.144. The second-order valence-corrected chi connectivity index (χ2v) is 7.75. The Kier molecular flexibility index (Phi) is 5.91. The summed E-state index contributed by atoms with van der Waals surface area (Å²) >= 11 is 0. The summed E-state index contributed by atoms with van der Waals surface area (Å²) < 4.78 is 21.9. The molecule has 1 aliphatic rings. The molecule has 2 aromatic rings. The molecule has 7 heteroatoms. The number of ether oxygens (including phenoxy) is 1. The van der Waals surface area contributed by atoms with E-state index >= 15 is 0 Å². The zero-order valence-electron chi connectivity index (χ0n) is 16.5. The number of carbonyl (C=O) groups is 1. The number of aliphatic carboxylic acids is 1. The molecule has 2 N–H and O–H groups in total. The van der Waals surface area contributed by atoms with Gasteiger partial charge in [0, 0.05) is 12.1 Å². The largest absolute Gasteiger partial charge is 0.479 e. The maximum atomic E-state index is 14.8. The third kappa shape index (κ3) is 4.13. The maximum Gasteiger partial charge on any atom is 0.344 e. The number of fused-ring (bicyclic) bond motifs is 1. The Balaban J connectivity index is 2.07. The van der Waals surface area contributed by atoms with Crippen LogP contribution in [0.2, 0.25) is 0 Å². The third-order valence-corrected chi connectivity index (χ3v) is 5.26. The molecule has 1 atom stereocenters. The van der Waals surface area contributed by atoms with E-state index in [2.05, 4.69) is 5.32 Å². The molecule has 3 rings (SSSR count). The van der Waals surface area contributed by atoms with Gasteiger partial charge >= 0.3 is 5.97 Å². The van der Waals surface area contributed by atoms with Gasteiger partial charge < -0.3 is 19.7 Å². The molecular weight excluding hydrogens is 363 g/mol. The summed E-state index contributed by atoms with van der Waals surface area (Å²) in [7, 11) is 0. The van der Waals surface area contributed by atoms with Gasteiger partial charge in [0.05, 0.1) is 22.8 Å². The molecule has 0 bridgehead atoms. The molecule has 1 saturated carbocycles. The first-order chi connectivity index (χ1) is 13.3. The molecule has 0 radical (unpaired) electrons. The number of hydrogen-bond acceptors (Lipinski definition) is 4. The molecule has 1 aromatic carbocycles. The summed E-state index contributed by atoms with van der Waals surface area (Å²) in [6.45, 7) is 5.22. The van der Waals surface area contributed by atoms with Crippen molar-refractivity contribution in [2.75, 3.05) is 5.32 Å². The smallest absolute Gasteiger partial charge is 0.344 e. The van der Waals surface area contributed by atoms with E-state index in [1.165, 1.54) is 25.6 Å². The number of aromatic nitrogens is 1. The Morgan fingerprint density at radius 1 is 1.25 bits per heavy atom. The quantitative estimate of drug-likeness (QED) is 0.768. The van der Waals surface area contributed by atoms with Crippen molar-refractivity contribution >= 4 is 22.6 Å². The summed E-state index contributed by atoms with van der Waals surface area (Å²) in [5.74, 6) is -1.76. The fraction of sp³-hybridized carbons (Fsp3) is 0.524. The van der Waals surface area contributed by atoms with Gasteiger partial charge in [-0.3, -0.25) is 4.79 Å². The minimum Gasteiger partial charge on any atom is -0.479 e. The molecule has 0 saturated heterocycles. The Morgan fingerprint density at radius 2 is 1.93 bits per heavy atom. The Bertz CT molecular complexity index is 932. The second-order valence-electron chi connectivity index (χ2n) is 7.75. The fourth-order valence-electron chi connectivity index (χ4n) is 3.67. The van der Waals surface area contributed by atoms with Gasteiger partial charge in [0.15, 0.2) is 11.9 Å². The molecule has 0 spiro atoms. The second kappa shape index (κ2) is 8.20. The highest BCUT2D eigenvalue weighted by molar-refractivity contribution is 5.84. The summed E-state index contributed by atoms with van der Waals surface area (Å²) in [6.07, 6.45) is 5.82. The van der Waals surface area contributed by atoms with Gasteiger partial charge in [-0.25, -0.2) is 9.18 Å². The Hall–Kier alpha value is -2.57. The van der Waals surface area contributed by atoms with E-state index in [1.807, 2.05) is 18.4 Å². The van der Waals surface area contributed by atoms with Crippen molar-refractivity contribution < 1.29 is 19.0 Å². The van der Waals surface area contributed by atoms with Crippen molar-refractivity contribution in [2.45, 2.75) is 71.1 Å². The van der Waals surface area contributed by atoms with Crippen LogP contribution in [0.15, 0.2) is 23.1 Å². The lowest BCUT2D eigenvalue weighted by Crippen LogP contribution is -2.27. The molecular formula is C21H27FN2O4. The molecule has 1 heterocycles. The van der Waals surface area contributed by atoms with Crippen molar-refractivity contribution in [2.24, 2.45) is 0 Å². The first-order valence-electron chi connectivity index (χ1n) is 9.82. The summed E-state index contributed by atoms with van der Waals surface area (Å²) in [5.41, 5.74) is 0.471. The minimum absolute atomic E-state index is 0.0291. The number of nitrogens with zero attached hydrogens (tertiary/aromatic N) is 1. The van der Waals surface area contributed by atoms with Gasteiger partial charge in [0.1, 0.15) is 5.82 Å². The average molecular weight is 390 g/mol. The van der Waals surface area contributed by atoms with Gasteiger partial charge in [-0.05, 0) is 45.7 Å². The van der Waals surface area contributed by atoms with Gasteiger partial charge in [0.25, 0.3) is 0 Å². The van der Waals surface area contributed by atoms with Crippen LogP contribution < -0.4 is 15.5 Å². The maximum absolute atomic E-state index is 14.8. The van der Waals surface area contributed by atoms with E-state index in [1.54, 1.807) is 6.07 Å². The molecule has 1 aliphatic carbocycles. The number of halogens is 1. The molecule has 0 amide bonds. The normalized spacial score (nSPS) is 16.3. The molecule has 0 aliphatic heterocycles. The van der Waals surface area contributed by atoms with Gasteiger partial charge in [-0.2, -0.15) is 0 Å². The lowest BCUT2D eigenvalue weighted by atomic mass is 9.95. The minimum atomic E-state index is -1.18. The molecule has 0 unspecified atom stereocenters. The highest BCUT2D eigenvalue weighted by Crippen LogP contribution is 2.28. The highest BCUT2D eigenvalue weighted by atomic mass is 19.1. The molecule has 1 fully saturated rings. The first-order valence-corrected chi connectivity index (χ1v) is 9.82. The van der Waals surface area contributed by atoms with Crippen LogP contribution in [0, 0.1) is 5.82 Å². The van der Waals surface area contributed by atoms with Crippen molar-refractivity contribution in [3.63, 3.8) is 0 Å². The summed E-state index contributed by atoms with van der Waals surface area (Å²) in [4.78, 5) is 23.9. The van der Waals surface area contributed by atoms with Crippen LogP contribution >= 0.6 is 0 Å². The topological polar surface area (TPSA) is 80.6 Å². The first kappa shape index (κ1) is 20.2. The van der Waals surface area contributed by atoms with Gasteiger partial charge in [-0.15, -0.1) is 0 Å². The monoisotopic (exact) mass is 390 g/mol. The molecule has 152 valence electrons. The van der Waals surface area contributed by atoms with E-state index in [0.717, 1.165) is 25.7 Å². The summed E-state index contributed by atoms with van der Waals surface area (Å²) in [5, 5.41) is 12.5. The van der Waals surface area contributed by atoms with Gasteiger partial charge in [-0.1, -0.05) is 19.3 Å². The SMILES string of the molecule is CC(C)n1cc(O[C@@H](C)C(=O)O)c(=O)c2cc(F)c(NC3CCCCC3)cc21. The number of anilines is 1. The van der Waals surface area contributed by atoms with Crippen LogP contribution in [-0.4, -0.2) is 27.8 Å². The van der Waals surface area contributed by atoms with Crippen molar-refractivity contribution in [3.05, 3.63) is 34.4 Å². The zero-order valence-corrected chi connectivity index (χ0v) is 16.5. The zero-order chi connectivity index (χ0) is 20.4. The number of pyridine rings is 1. The molecule has 6 nitrogen and oxygen atoms in total. The van der Waals surface area contributed by atoms with E-state index in [4.69, 9.17) is 9.84 Å². The lowest BCUT2D eigenvalue weighted by Gasteiger charge is -2.25. The fourth-order valence-corrected chi connectivity index (χ4v) is 3.67. The highest BCUT2D eigenvalue weighted by Gasteiger charge is 2.21. The predicted octanol–water partition coefficient (Wildman–Crippen LogP) is 4.32. The Labute approximate surface area is 163 Å². The number of hydrogen-bond donors (Lipinski definition) is 2. The van der Waals surface area contributed by atoms with Crippen LogP contribution in [0.3, 0.4) is 0 Å². The van der Waals surface area contributed by atoms with E-state index in [0.29, 0.717) is 11.2 Å². The van der Waals surface area contributed by atoms with Gasteiger partial charge in [0.2, 0.25) is 5.43 Å². The summed E-state index contributed by atoms with van der Waals surface area (Å²) in [6, 6.07) is 3.10. The average Bonchev–Trinajstić information content (AvgIpc) is 2.65. The van der Waals surface area contributed by atoms with Crippen LogP contribution in [0.1, 0.15) is 58.9 Å². The van der Waals surface area contributed by atoms with Crippen molar-refractivity contribution in [3.8, 4) is 5.75 Å². The van der Waals surface area contributed by atoms with Crippen LogP contribution in [-0.2, 0) is 4.79 Å². The molecule has 1 aromatic heterocycles. The Morgan fingerprint density at radius 3 is 2.54 bits per heavy atom. The van der Waals surface area contributed by atoms with E-state index < -0.39 is 23.3 Å². The van der Waals surface area contributed by atoms with Crippen LogP contribution in [0.4, 0.5) is 10.1 Å². The van der Waals surface area contributed by atoms with Crippen molar-refractivity contribution in [1.29, 1.82) is 0 Å².